The normalized spacial score (nSPS) is 12.1. The Hall–Kier alpha value is -2.11. The topological polar surface area (TPSA) is 78.9 Å². The summed E-state index contributed by atoms with van der Waals surface area (Å²) in [5.74, 6) is -0.840. The second kappa shape index (κ2) is 64.4. The molecule has 0 aliphatic heterocycles. The largest absolute Gasteiger partial charge is 0.462 e. The quantitative estimate of drug-likeness (QED) is 0.0261. The number of unbranched alkanes of at least 4 members (excludes halogenated alkanes) is 48. The monoisotopic (exact) mass is 1050 g/mol. The lowest BCUT2D eigenvalue weighted by atomic mass is 10.0. The van der Waals surface area contributed by atoms with Gasteiger partial charge in [0.25, 0.3) is 0 Å². The molecule has 442 valence electrons. The summed E-state index contributed by atoms with van der Waals surface area (Å²) in [6.07, 6.45) is 78.0. The smallest absolute Gasteiger partial charge is 0.306 e. The van der Waals surface area contributed by atoms with Crippen LogP contribution in [-0.4, -0.2) is 37.2 Å². The molecule has 1 atom stereocenters. The highest BCUT2D eigenvalue weighted by Gasteiger charge is 2.19. The molecule has 0 amide bonds. The molecule has 0 aliphatic rings. The van der Waals surface area contributed by atoms with E-state index in [0.29, 0.717) is 19.3 Å². The van der Waals surface area contributed by atoms with Crippen molar-refractivity contribution in [3.05, 3.63) is 24.3 Å². The Morgan fingerprint density at radius 1 is 0.267 bits per heavy atom. The van der Waals surface area contributed by atoms with E-state index >= 15 is 0 Å². The van der Waals surface area contributed by atoms with Crippen LogP contribution in [-0.2, 0) is 28.6 Å². The molecule has 6 heteroatoms. The Labute approximate surface area is 468 Å². The summed E-state index contributed by atoms with van der Waals surface area (Å²) < 4.78 is 16.9. The Morgan fingerprint density at radius 2 is 0.480 bits per heavy atom. The van der Waals surface area contributed by atoms with Crippen LogP contribution < -0.4 is 0 Å². The molecule has 0 aromatic heterocycles. The maximum atomic E-state index is 12.9. The molecule has 0 aromatic carbocycles. The molecule has 0 spiro atoms. The van der Waals surface area contributed by atoms with Gasteiger partial charge in [-0.15, -0.1) is 0 Å². The van der Waals surface area contributed by atoms with E-state index in [9.17, 15) is 14.4 Å². The van der Waals surface area contributed by atoms with Crippen molar-refractivity contribution in [1.29, 1.82) is 0 Å². The van der Waals surface area contributed by atoms with E-state index in [2.05, 4.69) is 45.1 Å². The SMILES string of the molecule is CCCCCCC/C=C\C/C=C\CCCCCCCCCCCCCCCCCCCCCC(=O)OCC(COC(=O)CCCCCCCCCC)OC(=O)CCCCCCCCCCCCCCCCCCCC. The maximum absolute atomic E-state index is 12.9. The van der Waals surface area contributed by atoms with Gasteiger partial charge in [-0.05, 0) is 51.4 Å². The van der Waals surface area contributed by atoms with Crippen LogP contribution in [0.15, 0.2) is 24.3 Å². The van der Waals surface area contributed by atoms with Gasteiger partial charge in [-0.2, -0.15) is 0 Å². The maximum Gasteiger partial charge on any atom is 0.306 e. The second-order valence-electron chi connectivity index (χ2n) is 23.1. The first-order chi connectivity index (χ1) is 37.0. The zero-order chi connectivity index (χ0) is 54.3. The van der Waals surface area contributed by atoms with Gasteiger partial charge < -0.3 is 14.2 Å². The molecule has 6 nitrogen and oxygen atoms in total. The highest BCUT2D eigenvalue weighted by Crippen LogP contribution is 2.18. The summed E-state index contributed by atoms with van der Waals surface area (Å²) in [6, 6.07) is 0. The lowest BCUT2D eigenvalue weighted by molar-refractivity contribution is -0.167. The van der Waals surface area contributed by atoms with Crippen molar-refractivity contribution >= 4 is 17.9 Å². The number of allylic oxidation sites excluding steroid dienone is 4. The van der Waals surface area contributed by atoms with Crippen LogP contribution in [0.25, 0.3) is 0 Å². The first kappa shape index (κ1) is 72.9. The second-order valence-corrected chi connectivity index (χ2v) is 23.1. The summed E-state index contributed by atoms with van der Waals surface area (Å²) in [7, 11) is 0. The third-order valence-corrected chi connectivity index (χ3v) is 15.5. The molecule has 1 unspecified atom stereocenters. The zero-order valence-corrected chi connectivity index (χ0v) is 50.8. The van der Waals surface area contributed by atoms with Crippen LogP contribution in [0.1, 0.15) is 380 Å². The van der Waals surface area contributed by atoms with E-state index in [1.165, 1.54) is 276 Å². The van der Waals surface area contributed by atoms with Crippen LogP contribution in [0.4, 0.5) is 0 Å². The van der Waals surface area contributed by atoms with Gasteiger partial charge in [-0.25, -0.2) is 0 Å². The van der Waals surface area contributed by atoms with Gasteiger partial charge in [0.2, 0.25) is 0 Å². The molecular formula is C69H130O6. The highest BCUT2D eigenvalue weighted by atomic mass is 16.6. The minimum absolute atomic E-state index is 0.0639. The molecule has 0 saturated carbocycles. The Morgan fingerprint density at radius 3 is 0.733 bits per heavy atom. The minimum atomic E-state index is -0.764. The van der Waals surface area contributed by atoms with Gasteiger partial charge in [-0.3, -0.25) is 14.4 Å². The van der Waals surface area contributed by atoms with Gasteiger partial charge in [0.15, 0.2) is 6.10 Å². The van der Waals surface area contributed by atoms with Crippen LogP contribution in [0.5, 0.6) is 0 Å². The van der Waals surface area contributed by atoms with Crippen molar-refractivity contribution < 1.29 is 28.6 Å². The number of ether oxygens (including phenoxy) is 3. The molecule has 0 fully saturated rings. The molecule has 0 heterocycles. The number of carbonyl (C=O) groups is 3. The van der Waals surface area contributed by atoms with Gasteiger partial charge in [-0.1, -0.05) is 334 Å². The van der Waals surface area contributed by atoms with Crippen molar-refractivity contribution in [3.8, 4) is 0 Å². The van der Waals surface area contributed by atoms with E-state index in [-0.39, 0.29) is 31.1 Å². The first-order valence-corrected chi connectivity index (χ1v) is 33.8. The van der Waals surface area contributed by atoms with E-state index in [1.54, 1.807) is 0 Å². The van der Waals surface area contributed by atoms with Gasteiger partial charge in [0, 0.05) is 19.3 Å². The number of hydrogen-bond donors (Lipinski definition) is 0. The van der Waals surface area contributed by atoms with E-state index in [1.807, 2.05) is 0 Å². The third-order valence-electron chi connectivity index (χ3n) is 15.5. The number of rotatable bonds is 63. The summed E-state index contributed by atoms with van der Waals surface area (Å²) in [4.78, 5) is 38.1. The molecule has 0 saturated heterocycles. The number of esters is 3. The fraction of sp³-hybridized carbons (Fsp3) is 0.899. The standard InChI is InChI=1S/C69H130O6/c1-4-7-10-13-16-19-21-23-25-27-29-30-31-32-33-34-35-36-37-38-39-40-41-43-44-46-48-50-53-56-59-62-68(71)74-65-66(64-73-67(70)61-58-55-52-18-15-12-9-6-3)75-69(72)63-60-57-54-51-49-47-45-42-28-26-24-22-20-17-14-11-8-5-2/h21,23,27,29,66H,4-20,22,24-26,28,30-65H2,1-3H3/b23-21-,29-27-. The van der Waals surface area contributed by atoms with E-state index in [0.717, 1.165) is 64.2 Å². The number of carbonyl (C=O) groups excluding carboxylic acids is 3. The van der Waals surface area contributed by atoms with E-state index in [4.69, 9.17) is 14.2 Å². The summed E-state index contributed by atoms with van der Waals surface area (Å²) in [5.41, 5.74) is 0. The molecular weight excluding hydrogens is 925 g/mol. The average molecular weight is 1060 g/mol. The molecule has 0 aliphatic carbocycles. The van der Waals surface area contributed by atoms with Gasteiger partial charge in [0.1, 0.15) is 13.2 Å². The zero-order valence-electron chi connectivity index (χ0n) is 50.8. The highest BCUT2D eigenvalue weighted by molar-refractivity contribution is 5.71. The number of hydrogen-bond acceptors (Lipinski definition) is 6. The molecule has 0 bridgehead atoms. The van der Waals surface area contributed by atoms with Crippen molar-refractivity contribution in [3.63, 3.8) is 0 Å². The van der Waals surface area contributed by atoms with Crippen molar-refractivity contribution in [2.45, 2.75) is 386 Å². The predicted molar refractivity (Wildman–Crippen MR) is 326 cm³/mol. The molecule has 0 N–H and O–H groups in total. The molecule has 0 aromatic rings. The Kier molecular flexibility index (Phi) is 62.6. The molecule has 0 rings (SSSR count). The Bertz CT molecular complexity index is 1210. The van der Waals surface area contributed by atoms with Crippen LogP contribution in [0.3, 0.4) is 0 Å². The third kappa shape index (κ3) is 62.6. The Balaban J connectivity index is 4.02. The summed E-state index contributed by atoms with van der Waals surface area (Å²) in [6.45, 7) is 6.67. The lowest BCUT2D eigenvalue weighted by Crippen LogP contribution is -2.30. The fourth-order valence-electron chi connectivity index (χ4n) is 10.4. The molecule has 0 radical (unpaired) electrons. The lowest BCUT2D eigenvalue weighted by Gasteiger charge is -2.18. The van der Waals surface area contributed by atoms with Crippen molar-refractivity contribution in [2.75, 3.05) is 13.2 Å². The van der Waals surface area contributed by atoms with Crippen LogP contribution >= 0.6 is 0 Å². The summed E-state index contributed by atoms with van der Waals surface area (Å²) in [5, 5.41) is 0. The van der Waals surface area contributed by atoms with Crippen LogP contribution in [0, 0.1) is 0 Å². The van der Waals surface area contributed by atoms with Crippen LogP contribution in [0.2, 0.25) is 0 Å². The van der Waals surface area contributed by atoms with Gasteiger partial charge in [0.05, 0.1) is 0 Å². The average Bonchev–Trinajstić information content (AvgIpc) is 3.41. The minimum Gasteiger partial charge on any atom is -0.462 e. The van der Waals surface area contributed by atoms with Gasteiger partial charge >= 0.3 is 17.9 Å². The fourth-order valence-corrected chi connectivity index (χ4v) is 10.4. The molecule has 75 heavy (non-hydrogen) atoms. The van der Waals surface area contributed by atoms with Crippen molar-refractivity contribution in [1.82, 2.24) is 0 Å². The van der Waals surface area contributed by atoms with E-state index < -0.39 is 6.10 Å². The predicted octanol–water partition coefficient (Wildman–Crippen LogP) is 23.0. The van der Waals surface area contributed by atoms with Crippen molar-refractivity contribution in [2.24, 2.45) is 0 Å². The first-order valence-electron chi connectivity index (χ1n) is 33.8. The summed E-state index contributed by atoms with van der Waals surface area (Å²) >= 11 is 0.